The summed E-state index contributed by atoms with van der Waals surface area (Å²) >= 11 is 11.9. The predicted molar refractivity (Wildman–Crippen MR) is 79.6 cm³/mol. The number of hydrogen-bond acceptors (Lipinski definition) is 3. The van der Waals surface area contributed by atoms with Crippen molar-refractivity contribution in [2.24, 2.45) is 5.92 Å². The summed E-state index contributed by atoms with van der Waals surface area (Å²) in [6.07, 6.45) is 0.753. The molecule has 0 saturated carbocycles. The molecule has 0 bridgehead atoms. The van der Waals surface area contributed by atoms with E-state index in [4.69, 9.17) is 23.2 Å². The van der Waals surface area contributed by atoms with Gasteiger partial charge in [-0.1, -0.05) is 29.3 Å². The Kier molecular flexibility index (Phi) is 4.77. The van der Waals surface area contributed by atoms with Crippen molar-refractivity contribution < 1.29 is 8.42 Å². The Morgan fingerprint density at radius 2 is 2.11 bits per heavy atom. The lowest BCUT2D eigenvalue weighted by Crippen LogP contribution is -2.26. The molecule has 1 saturated heterocycles. The average Bonchev–Trinajstić information content (AvgIpc) is 2.69. The fourth-order valence-electron chi connectivity index (χ4n) is 2.28. The summed E-state index contributed by atoms with van der Waals surface area (Å²) in [6, 6.07) is 5.67. The molecule has 0 radical (unpaired) electrons. The van der Waals surface area contributed by atoms with Crippen LogP contribution in [0.1, 0.15) is 24.9 Å². The van der Waals surface area contributed by atoms with Crippen LogP contribution in [0.15, 0.2) is 18.2 Å². The summed E-state index contributed by atoms with van der Waals surface area (Å²) in [5, 5.41) is 4.44. The lowest BCUT2D eigenvalue weighted by atomic mass is 10.1. The Balaban J connectivity index is 1.91. The van der Waals surface area contributed by atoms with Crippen LogP contribution in [0.4, 0.5) is 0 Å². The SMILES string of the molecule is CC(NCC1CCS(=O)(=O)C1)c1ccc(Cl)c(Cl)c1. The van der Waals surface area contributed by atoms with Crippen molar-refractivity contribution in [3.8, 4) is 0 Å². The van der Waals surface area contributed by atoms with Gasteiger partial charge in [-0.15, -0.1) is 0 Å². The molecule has 2 atom stereocenters. The third-order valence-corrected chi connectivity index (χ3v) is 6.06. The van der Waals surface area contributed by atoms with Crippen LogP contribution in [0.3, 0.4) is 0 Å². The highest BCUT2D eigenvalue weighted by molar-refractivity contribution is 7.91. The highest BCUT2D eigenvalue weighted by Gasteiger charge is 2.27. The largest absolute Gasteiger partial charge is 0.310 e. The van der Waals surface area contributed by atoms with E-state index >= 15 is 0 Å². The van der Waals surface area contributed by atoms with Crippen LogP contribution in [0.2, 0.25) is 10.0 Å². The van der Waals surface area contributed by atoms with Crippen molar-refractivity contribution in [2.45, 2.75) is 19.4 Å². The van der Waals surface area contributed by atoms with Crippen LogP contribution in [-0.2, 0) is 9.84 Å². The molecule has 6 heteroatoms. The highest BCUT2D eigenvalue weighted by Crippen LogP contribution is 2.26. The van der Waals surface area contributed by atoms with E-state index in [1.165, 1.54) is 0 Å². The molecule has 2 rings (SSSR count). The smallest absolute Gasteiger partial charge is 0.150 e. The van der Waals surface area contributed by atoms with E-state index in [1.54, 1.807) is 6.07 Å². The monoisotopic (exact) mass is 321 g/mol. The molecule has 1 N–H and O–H groups in total. The second-order valence-electron chi connectivity index (χ2n) is 5.07. The summed E-state index contributed by atoms with van der Waals surface area (Å²) in [6.45, 7) is 2.74. The van der Waals surface area contributed by atoms with Crippen LogP contribution in [0, 0.1) is 5.92 Å². The number of hydrogen-bond donors (Lipinski definition) is 1. The molecule has 1 heterocycles. The van der Waals surface area contributed by atoms with Crippen molar-refractivity contribution in [3.63, 3.8) is 0 Å². The van der Waals surface area contributed by atoms with Gasteiger partial charge in [0.15, 0.2) is 9.84 Å². The molecule has 1 aromatic carbocycles. The Bertz CT molecular complexity index is 560. The summed E-state index contributed by atoms with van der Waals surface area (Å²) in [4.78, 5) is 0. The van der Waals surface area contributed by atoms with Crippen molar-refractivity contribution in [1.82, 2.24) is 5.32 Å². The van der Waals surface area contributed by atoms with Crippen LogP contribution >= 0.6 is 23.2 Å². The van der Waals surface area contributed by atoms with Crippen molar-refractivity contribution in [2.75, 3.05) is 18.1 Å². The maximum atomic E-state index is 11.4. The third-order valence-electron chi connectivity index (χ3n) is 3.48. The maximum absolute atomic E-state index is 11.4. The number of nitrogens with one attached hydrogen (secondary N) is 1. The minimum absolute atomic E-state index is 0.123. The molecular formula is C13H17Cl2NO2S. The first-order valence-corrected chi connectivity index (χ1v) is 8.84. The van der Waals surface area contributed by atoms with Crippen molar-refractivity contribution in [1.29, 1.82) is 0 Å². The van der Waals surface area contributed by atoms with Gasteiger partial charge in [-0.25, -0.2) is 8.42 Å². The van der Waals surface area contributed by atoms with E-state index in [1.807, 2.05) is 19.1 Å². The molecule has 0 spiro atoms. The molecular weight excluding hydrogens is 305 g/mol. The molecule has 1 aliphatic rings. The molecule has 0 amide bonds. The molecule has 106 valence electrons. The summed E-state index contributed by atoms with van der Waals surface area (Å²) in [7, 11) is -2.80. The normalized spacial score (nSPS) is 23.4. The quantitative estimate of drug-likeness (QED) is 0.927. The van der Waals surface area contributed by atoms with Gasteiger partial charge in [0, 0.05) is 6.04 Å². The molecule has 1 fully saturated rings. The Morgan fingerprint density at radius 3 is 2.68 bits per heavy atom. The Labute approximate surface area is 124 Å². The van der Waals surface area contributed by atoms with Gasteiger partial charge in [0.05, 0.1) is 21.6 Å². The van der Waals surface area contributed by atoms with E-state index in [0.29, 0.717) is 28.1 Å². The molecule has 0 aromatic heterocycles. The zero-order valence-corrected chi connectivity index (χ0v) is 13.0. The highest BCUT2D eigenvalue weighted by atomic mass is 35.5. The third kappa shape index (κ3) is 4.09. The predicted octanol–water partition coefficient (Wildman–Crippen LogP) is 3.08. The van der Waals surface area contributed by atoms with Gasteiger partial charge in [0.2, 0.25) is 0 Å². The van der Waals surface area contributed by atoms with Gasteiger partial charge in [0.25, 0.3) is 0 Å². The second-order valence-corrected chi connectivity index (χ2v) is 8.12. The Morgan fingerprint density at radius 1 is 1.37 bits per heavy atom. The molecule has 1 aliphatic heterocycles. The molecule has 2 unspecified atom stereocenters. The van der Waals surface area contributed by atoms with Crippen molar-refractivity contribution in [3.05, 3.63) is 33.8 Å². The minimum Gasteiger partial charge on any atom is -0.310 e. The Hall–Kier alpha value is -0.290. The zero-order valence-electron chi connectivity index (χ0n) is 10.7. The summed E-state index contributed by atoms with van der Waals surface area (Å²) < 4.78 is 22.8. The molecule has 0 aliphatic carbocycles. The summed E-state index contributed by atoms with van der Waals surface area (Å²) in [5.41, 5.74) is 1.05. The van der Waals surface area contributed by atoms with Gasteiger partial charge in [-0.05, 0) is 43.5 Å². The first-order chi connectivity index (χ1) is 8.87. The van der Waals surface area contributed by atoms with Gasteiger partial charge in [0.1, 0.15) is 0 Å². The van der Waals surface area contributed by atoms with E-state index < -0.39 is 9.84 Å². The van der Waals surface area contributed by atoms with Gasteiger partial charge in [-0.2, -0.15) is 0 Å². The lowest BCUT2D eigenvalue weighted by Gasteiger charge is -2.17. The van der Waals surface area contributed by atoms with Crippen LogP contribution < -0.4 is 5.32 Å². The second kappa shape index (κ2) is 6.00. The first kappa shape index (κ1) is 15.1. The molecule has 3 nitrogen and oxygen atoms in total. The van der Waals surface area contributed by atoms with Gasteiger partial charge in [-0.3, -0.25) is 0 Å². The zero-order chi connectivity index (χ0) is 14.0. The fourth-order valence-corrected chi connectivity index (χ4v) is 4.44. The number of halogens is 2. The molecule has 19 heavy (non-hydrogen) atoms. The van der Waals surface area contributed by atoms with Crippen molar-refractivity contribution >= 4 is 33.0 Å². The number of benzene rings is 1. The van der Waals surface area contributed by atoms with E-state index in [-0.39, 0.29) is 12.0 Å². The van der Waals surface area contributed by atoms with E-state index in [2.05, 4.69) is 5.32 Å². The number of rotatable bonds is 4. The number of sulfone groups is 1. The van der Waals surface area contributed by atoms with Gasteiger partial charge >= 0.3 is 0 Å². The standard InChI is InChI=1S/C13H17Cl2NO2S/c1-9(11-2-3-12(14)13(15)6-11)16-7-10-4-5-19(17,18)8-10/h2-3,6,9-10,16H,4-5,7-8H2,1H3. The molecule has 1 aromatic rings. The summed E-state index contributed by atoms with van der Waals surface area (Å²) in [5.74, 6) is 0.837. The minimum atomic E-state index is -2.80. The fraction of sp³-hybridized carbons (Fsp3) is 0.538. The lowest BCUT2D eigenvalue weighted by molar-refractivity contribution is 0.476. The van der Waals surface area contributed by atoms with E-state index in [9.17, 15) is 8.42 Å². The van der Waals surface area contributed by atoms with Crippen LogP contribution in [0.25, 0.3) is 0 Å². The first-order valence-electron chi connectivity index (χ1n) is 6.26. The van der Waals surface area contributed by atoms with E-state index in [0.717, 1.165) is 12.0 Å². The van der Waals surface area contributed by atoms with Gasteiger partial charge < -0.3 is 5.32 Å². The topological polar surface area (TPSA) is 46.2 Å². The maximum Gasteiger partial charge on any atom is 0.150 e. The van der Waals surface area contributed by atoms with Crippen LogP contribution in [0.5, 0.6) is 0 Å². The average molecular weight is 322 g/mol. The van der Waals surface area contributed by atoms with Crippen LogP contribution in [-0.4, -0.2) is 26.5 Å².